The molecule has 3 rings (SSSR count). The summed E-state index contributed by atoms with van der Waals surface area (Å²) in [4.78, 5) is 13.4. The molecule has 1 aromatic rings. The molecule has 1 aliphatic heterocycles. The van der Waals surface area contributed by atoms with Crippen LogP contribution in [0.3, 0.4) is 0 Å². The highest BCUT2D eigenvalue weighted by Crippen LogP contribution is 2.29. The zero-order chi connectivity index (χ0) is 13.4. The van der Waals surface area contributed by atoms with E-state index < -0.39 is 5.97 Å². The molecule has 0 bridgehead atoms. The fourth-order valence-electron chi connectivity index (χ4n) is 2.78. The Morgan fingerprint density at radius 1 is 1.53 bits per heavy atom. The van der Waals surface area contributed by atoms with Crippen molar-refractivity contribution < 1.29 is 14.3 Å². The van der Waals surface area contributed by atoms with E-state index in [0.29, 0.717) is 18.3 Å². The van der Waals surface area contributed by atoms with E-state index in [2.05, 4.69) is 10.2 Å². The first-order chi connectivity index (χ1) is 9.13. The molecule has 1 saturated carbocycles. The summed E-state index contributed by atoms with van der Waals surface area (Å²) >= 11 is 0. The average molecular weight is 264 g/mol. The van der Waals surface area contributed by atoms with Crippen LogP contribution in [0, 0.1) is 6.92 Å². The van der Waals surface area contributed by atoms with E-state index in [4.69, 9.17) is 9.52 Å². The molecule has 19 heavy (non-hydrogen) atoms. The number of nitrogens with zero attached hydrogens (tertiary/aromatic N) is 1. The fourth-order valence-corrected chi connectivity index (χ4v) is 2.78. The molecule has 0 amide bonds. The summed E-state index contributed by atoms with van der Waals surface area (Å²) in [6, 6.07) is 2.97. The SMILES string of the molecule is Cc1oc(C(=O)O)cc1CNC1CCN(C2CC2)C1. The van der Waals surface area contributed by atoms with Crippen LogP contribution in [0.25, 0.3) is 0 Å². The Morgan fingerprint density at radius 3 is 2.95 bits per heavy atom. The molecule has 1 aromatic heterocycles. The van der Waals surface area contributed by atoms with Gasteiger partial charge < -0.3 is 14.8 Å². The Hall–Kier alpha value is -1.33. The van der Waals surface area contributed by atoms with Gasteiger partial charge in [0.2, 0.25) is 5.76 Å². The third-order valence-electron chi connectivity index (χ3n) is 4.10. The largest absolute Gasteiger partial charge is 0.475 e. The smallest absolute Gasteiger partial charge is 0.371 e. The van der Waals surface area contributed by atoms with Gasteiger partial charge >= 0.3 is 5.97 Å². The van der Waals surface area contributed by atoms with Crippen LogP contribution in [0.4, 0.5) is 0 Å². The van der Waals surface area contributed by atoms with Crippen LogP contribution in [0.2, 0.25) is 0 Å². The molecule has 2 heterocycles. The molecule has 0 aromatic carbocycles. The van der Waals surface area contributed by atoms with Crippen molar-refractivity contribution >= 4 is 5.97 Å². The van der Waals surface area contributed by atoms with Crippen LogP contribution in [-0.4, -0.2) is 41.1 Å². The van der Waals surface area contributed by atoms with E-state index in [1.54, 1.807) is 6.07 Å². The van der Waals surface area contributed by atoms with Gasteiger partial charge in [0.15, 0.2) is 0 Å². The fraction of sp³-hybridized carbons (Fsp3) is 0.643. The van der Waals surface area contributed by atoms with Crippen molar-refractivity contribution in [3.63, 3.8) is 0 Å². The van der Waals surface area contributed by atoms with E-state index in [1.807, 2.05) is 6.92 Å². The highest BCUT2D eigenvalue weighted by atomic mass is 16.4. The number of aryl methyl sites for hydroxylation is 1. The number of carbonyl (C=O) groups is 1. The maximum atomic E-state index is 10.8. The molecule has 0 radical (unpaired) electrons. The van der Waals surface area contributed by atoms with Gasteiger partial charge in [-0.05, 0) is 32.3 Å². The Kier molecular flexibility index (Phi) is 3.33. The number of aromatic carboxylic acids is 1. The van der Waals surface area contributed by atoms with Crippen LogP contribution < -0.4 is 5.32 Å². The third kappa shape index (κ3) is 2.82. The van der Waals surface area contributed by atoms with Gasteiger partial charge in [0.1, 0.15) is 5.76 Å². The van der Waals surface area contributed by atoms with Gasteiger partial charge in [-0.25, -0.2) is 4.79 Å². The first-order valence-electron chi connectivity index (χ1n) is 6.93. The number of carboxylic acid groups (broad SMARTS) is 1. The summed E-state index contributed by atoms with van der Waals surface area (Å²) in [5.41, 5.74) is 0.947. The number of hydrogen-bond acceptors (Lipinski definition) is 4. The summed E-state index contributed by atoms with van der Waals surface area (Å²) in [6.07, 6.45) is 3.89. The summed E-state index contributed by atoms with van der Waals surface area (Å²) in [7, 11) is 0. The zero-order valence-electron chi connectivity index (χ0n) is 11.2. The molecular formula is C14H20N2O3. The molecule has 1 saturated heterocycles. The highest BCUT2D eigenvalue weighted by molar-refractivity contribution is 5.84. The molecule has 1 atom stereocenters. The molecule has 2 aliphatic rings. The van der Waals surface area contributed by atoms with Crippen LogP contribution in [0.5, 0.6) is 0 Å². The lowest BCUT2D eigenvalue weighted by molar-refractivity contribution is 0.0661. The molecule has 1 unspecified atom stereocenters. The molecule has 104 valence electrons. The predicted molar refractivity (Wildman–Crippen MR) is 70.2 cm³/mol. The number of likely N-dealkylation sites (tertiary alicyclic amines) is 1. The van der Waals surface area contributed by atoms with Crippen LogP contribution in [0.1, 0.15) is 41.1 Å². The summed E-state index contributed by atoms with van der Waals surface area (Å²) < 4.78 is 5.21. The predicted octanol–water partition coefficient (Wildman–Crippen LogP) is 1.61. The van der Waals surface area contributed by atoms with E-state index in [1.165, 1.54) is 25.8 Å². The van der Waals surface area contributed by atoms with E-state index in [-0.39, 0.29) is 5.76 Å². The summed E-state index contributed by atoms with van der Waals surface area (Å²) in [5, 5.41) is 12.4. The monoisotopic (exact) mass is 264 g/mol. The van der Waals surface area contributed by atoms with Gasteiger partial charge in [-0.15, -0.1) is 0 Å². The molecule has 0 spiro atoms. The van der Waals surface area contributed by atoms with Crippen molar-refractivity contribution in [2.45, 2.75) is 44.8 Å². The van der Waals surface area contributed by atoms with Crippen LogP contribution in [-0.2, 0) is 6.54 Å². The molecule has 5 nitrogen and oxygen atoms in total. The molecular weight excluding hydrogens is 244 g/mol. The second-order valence-electron chi connectivity index (χ2n) is 5.59. The minimum Gasteiger partial charge on any atom is -0.475 e. The van der Waals surface area contributed by atoms with Crippen molar-refractivity contribution in [3.8, 4) is 0 Å². The van der Waals surface area contributed by atoms with Crippen molar-refractivity contribution in [2.24, 2.45) is 0 Å². The number of furan rings is 1. The zero-order valence-corrected chi connectivity index (χ0v) is 11.2. The van der Waals surface area contributed by atoms with Gasteiger partial charge in [0.05, 0.1) is 0 Å². The van der Waals surface area contributed by atoms with Gasteiger partial charge in [0, 0.05) is 37.3 Å². The second kappa shape index (κ2) is 4.98. The first kappa shape index (κ1) is 12.7. The van der Waals surface area contributed by atoms with E-state index in [9.17, 15) is 4.79 Å². The van der Waals surface area contributed by atoms with Crippen molar-refractivity contribution in [1.82, 2.24) is 10.2 Å². The van der Waals surface area contributed by atoms with Gasteiger partial charge in [-0.1, -0.05) is 0 Å². The maximum Gasteiger partial charge on any atom is 0.371 e. The minimum absolute atomic E-state index is 0.0281. The van der Waals surface area contributed by atoms with Crippen molar-refractivity contribution in [3.05, 3.63) is 23.2 Å². The lowest BCUT2D eigenvalue weighted by Gasteiger charge is -2.15. The van der Waals surface area contributed by atoms with Crippen LogP contribution >= 0.6 is 0 Å². The molecule has 5 heteroatoms. The summed E-state index contributed by atoms with van der Waals surface area (Å²) in [6.45, 7) is 4.81. The Bertz CT molecular complexity index is 479. The summed E-state index contributed by atoms with van der Waals surface area (Å²) in [5.74, 6) is -0.280. The third-order valence-corrected chi connectivity index (χ3v) is 4.10. The molecule has 2 N–H and O–H groups in total. The molecule has 1 aliphatic carbocycles. The maximum absolute atomic E-state index is 10.8. The Labute approximate surface area is 112 Å². The van der Waals surface area contributed by atoms with E-state index >= 15 is 0 Å². The standard InChI is InChI=1S/C14H20N2O3/c1-9-10(6-13(19-9)14(17)18)7-15-11-4-5-16(8-11)12-2-3-12/h6,11-12,15H,2-5,7-8H2,1H3,(H,17,18). The van der Waals surface area contributed by atoms with Gasteiger partial charge in [0.25, 0.3) is 0 Å². The Balaban J connectivity index is 1.53. The van der Waals surface area contributed by atoms with Crippen molar-refractivity contribution in [1.29, 1.82) is 0 Å². The lowest BCUT2D eigenvalue weighted by Crippen LogP contribution is -2.32. The lowest BCUT2D eigenvalue weighted by atomic mass is 10.2. The van der Waals surface area contributed by atoms with E-state index in [0.717, 1.165) is 18.2 Å². The number of rotatable bonds is 5. The number of carboxylic acids is 1. The van der Waals surface area contributed by atoms with Gasteiger partial charge in [-0.2, -0.15) is 0 Å². The molecule has 2 fully saturated rings. The Morgan fingerprint density at radius 2 is 2.32 bits per heavy atom. The second-order valence-corrected chi connectivity index (χ2v) is 5.59. The normalized spacial score (nSPS) is 23.9. The van der Waals surface area contributed by atoms with Crippen LogP contribution in [0.15, 0.2) is 10.5 Å². The van der Waals surface area contributed by atoms with Crippen molar-refractivity contribution in [2.75, 3.05) is 13.1 Å². The first-order valence-corrected chi connectivity index (χ1v) is 6.93. The number of nitrogens with one attached hydrogen (secondary N) is 1. The minimum atomic E-state index is -1.00. The average Bonchev–Trinajstić information content (AvgIpc) is 2.99. The highest BCUT2D eigenvalue weighted by Gasteiger charge is 2.34. The van der Waals surface area contributed by atoms with Gasteiger partial charge in [-0.3, -0.25) is 4.90 Å². The number of hydrogen-bond donors (Lipinski definition) is 2. The quantitative estimate of drug-likeness (QED) is 0.846. The topological polar surface area (TPSA) is 65.7 Å².